The summed E-state index contributed by atoms with van der Waals surface area (Å²) in [6.45, 7) is 4.81. The number of hydrogen-bond acceptors (Lipinski definition) is 7. The van der Waals surface area contributed by atoms with Gasteiger partial charge in [-0.2, -0.15) is 13.1 Å². The zero-order valence-electron chi connectivity index (χ0n) is 16.3. The SMILES string of the molecule is CCc1nnc(Nc2ccc(N3CCN(S(=O)(=O)C(F)F)CC3)cc2)nc1CC. The number of aryl methyl sites for hydroxylation is 2. The van der Waals surface area contributed by atoms with E-state index in [9.17, 15) is 17.2 Å². The Morgan fingerprint density at radius 1 is 1.00 bits per heavy atom. The Hall–Kier alpha value is -2.40. The molecule has 0 radical (unpaired) electrons. The maximum atomic E-state index is 12.7. The van der Waals surface area contributed by atoms with Gasteiger partial charge in [0, 0.05) is 37.6 Å². The first-order valence-corrected chi connectivity index (χ1v) is 11.0. The molecule has 158 valence electrons. The fourth-order valence-corrected chi connectivity index (χ4v) is 4.09. The van der Waals surface area contributed by atoms with Gasteiger partial charge in [-0.25, -0.2) is 13.4 Å². The van der Waals surface area contributed by atoms with Crippen molar-refractivity contribution in [3.8, 4) is 0 Å². The lowest BCUT2D eigenvalue weighted by Crippen LogP contribution is -2.50. The van der Waals surface area contributed by atoms with Crippen molar-refractivity contribution >= 4 is 27.3 Å². The number of alkyl halides is 2. The van der Waals surface area contributed by atoms with E-state index in [2.05, 4.69) is 20.5 Å². The molecule has 0 spiro atoms. The second-order valence-corrected chi connectivity index (χ2v) is 8.50. The van der Waals surface area contributed by atoms with Crippen LogP contribution in [0.25, 0.3) is 0 Å². The van der Waals surface area contributed by atoms with Crippen molar-refractivity contribution in [1.82, 2.24) is 19.5 Å². The van der Waals surface area contributed by atoms with E-state index in [0.29, 0.717) is 19.0 Å². The number of benzene rings is 1. The Morgan fingerprint density at radius 3 is 2.17 bits per heavy atom. The van der Waals surface area contributed by atoms with Gasteiger partial charge in [-0.1, -0.05) is 13.8 Å². The van der Waals surface area contributed by atoms with E-state index >= 15 is 0 Å². The molecule has 0 unspecified atom stereocenters. The summed E-state index contributed by atoms with van der Waals surface area (Å²) in [6, 6.07) is 7.49. The van der Waals surface area contributed by atoms with Crippen LogP contribution in [-0.2, 0) is 22.9 Å². The maximum absolute atomic E-state index is 12.7. The Kier molecular flexibility index (Phi) is 6.58. The predicted molar refractivity (Wildman–Crippen MR) is 107 cm³/mol. The quantitative estimate of drug-likeness (QED) is 0.727. The summed E-state index contributed by atoms with van der Waals surface area (Å²) < 4.78 is 49.3. The summed E-state index contributed by atoms with van der Waals surface area (Å²) in [5, 5.41) is 11.4. The minimum atomic E-state index is -4.51. The maximum Gasteiger partial charge on any atom is 0.350 e. The standard InChI is InChI=1S/C18H24F2N6O2S/c1-3-15-16(4-2)23-24-18(22-15)21-13-5-7-14(8-6-13)25-9-11-26(12-10-25)29(27,28)17(19)20/h5-8,17H,3-4,9-12H2,1-2H3,(H,21,22,24). The molecule has 0 saturated carbocycles. The van der Waals surface area contributed by atoms with Crippen molar-refractivity contribution in [3.05, 3.63) is 35.7 Å². The highest BCUT2D eigenvalue weighted by Gasteiger charge is 2.34. The summed E-state index contributed by atoms with van der Waals surface area (Å²) in [6.07, 6.45) is 1.56. The van der Waals surface area contributed by atoms with Crippen molar-refractivity contribution in [2.45, 2.75) is 32.4 Å². The highest BCUT2D eigenvalue weighted by molar-refractivity contribution is 7.89. The third-order valence-electron chi connectivity index (χ3n) is 4.82. The van der Waals surface area contributed by atoms with Crippen LogP contribution in [0.4, 0.5) is 26.1 Å². The molecule has 8 nitrogen and oxygen atoms in total. The van der Waals surface area contributed by atoms with Crippen molar-refractivity contribution in [2.24, 2.45) is 0 Å². The average Bonchev–Trinajstić information content (AvgIpc) is 2.74. The third kappa shape index (κ3) is 4.78. The van der Waals surface area contributed by atoms with Gasteiger partial charge in [0.15, 0.2) is 0 Å². The lowest BCUT2D eigenvalue weighted by atomic mass is 10.2. The van der Waals surface area contributed by atoms with Crippen molar-refractivity contribution < 1.29 is 17.2 Å². The predicted octanol–water partition coefficient (Wildman–Crippen LogP) is 2.41. The minimum absolute atomic E-state index is 0.0375. The molecule has 2 aromatic rings. The number of nitrogens with zero attached hydrogens (tertiary/aromatic N) is 5. The Morgan fingerprint density at radius 2 is 1.62 bits per heavy atom. The monoisotopic (exact) mass is 426 g/mol. The van der Waals surface area contributed by atoms with Gasteiger partial charge in [-0.3, -0.25) is 0 Å². The normalized spacial score (nSPS) is 15.7. The van der Waals surface area contributed by atoms with E-state index in [-0.39, 0.29) is 13.1 Å². The van der Waals surface area contributed by atoms with Crippen molar-refractivity contribution in [3.63, 3.8) is 0 Å². The van der Waals surface area contributed by atoms with Crippen LogP contribution in [0.5, 0.6) is 0 Å². The van der Waals surface area contributed by atoms with E-state index in [4.69, 9.17) is 0 Å². The topological polar surface area (TPSA) is 91.3 Å². The highest BCUT2D eigenvalue weighted by atomic mass is 32.2. The molecule has 1 aromatic carbocycles. The van der Waals surface area contributed by atoms with Gasteiger partial charge in [0.25, 0.3) is 10.0 Å². The summed E-state index contributed by atoms with van der Waals surface area (Å²) in [7, 11) is -4.51. The molecule has 3 rings (SSSR count). The van der Waals surface area contributed by atoms with Gasteiger partial charge in [-0.15, -0.1) is 10.2 Å². The zero-order chi connectivity index (χ0) is 21.0. The number of anilines is 3. The van der Waals surface area contributed by atoms with Crippen LogP contribution in [0.15, 0.2) is 24.3 Å². The molecule has 1 N–H and O–H groups in total. The first-order chi connectivity index (χ1) is 13.8. The average molecular weight is 426 g/mol. The fraction of sp³-hybridized carbons (Fsp3) is 0.500. The van der Waals surface area contributed by atoms with Crippen molar-refractivity contribution in [1.29, 1.82) is 0 Å². The molecular formula is C18H24F2N6O2S. The molecule has 1 aromatic heterocycles. The Bertz CT molecular complexity index is 932. The van der Waals surface area contributed by atoms with E-state index in [1.165, 1.54) is 0 Å². The first-order valence-electron chi connectivity index (χ1n) is 9.46. The number of aromatic nitrogens is 3. The summed E-state index contributed by atoms with van der Waals surface area (Å²) in [4.78, 5) is 6.46. The molecule has 0 aliphatic carbocycles. The molecule has 29 heavy (non-hydrogen) atoms. The van der Waals surface area contributed by atoms with Crippen LogP contribution in [0.3, 0.4) is 0 Å². The zero-order valence-corrected chi connectivity index (χ0v) is 17.2. The van der Waals surface area contributed by atoms with E-state index in [1.54, 1.807) is 0 Å². The highest BCUT2D eigenvalue weighted by Crippen LogP contribution is 2.23. The van der Waals surface area contributed by atoms with Gasteiger partial charge in [0.1, 0.15) is 0 Å². The van der Waals surface area contributed by atoms with Crippen LogP contribution in [0.2, 0.25) is 0 Å². The number of rotatable bonds is 7. The second-order valence-electron chi connectivity index (χ2n) is 6.60. The van der Waals surface area contributed by atoms with E-state index in [0.717, 1.165) is 39.9 Å². The Balaban J connectivity index is 1.63. The molecule has 0 amide bonds. The summed E-state index contributed by atoms with van der Waals surface area (Å²) in [5.74, 6) is -2.95. The second kappa shape index (κ2) is 8.95. The number of halogens is 2. The van der Waals surface area contributed by atoms with Crippen LogP contribution < -0.4 is 10.2 Å². The third-order valence-corrected chi connectivity index (χ3v) is 6.36. The molecule has 1 fully saturated rings. The molecular weight excluding hydrogens is 402 g/mol. The van der Waals surface area contributed by atoms with Gasteiger partial charge in [-0.05, 0) is 37.1 Å². The lowest BCUT2D eigenvalue weighted by Gasteiger charge is -2.35. The number of piperazine rings is 1. The van der Waals surface area contributed by atoms with Crippen LogP contribution >= 0.6 is 0 Å². The molecule has 0 bridgehead atoms. The number of sulfonamides is 1. The molecule has 1 aliphatic rings. The largest absolute Gasteiger partial charge is 0.369 e. The van der Waals surface area contributed by atoms with Gasteiger partial charge in [0.2, 0.25) is 5.95 Å². The van der Waals surface area contributed by atoms with Crippen LogP contribution in [0, 0.1) is 0 Å². The van der Waals surface area contributed by atoms with Crippen LogP contribution in [-0.4, -0.2) is 59.8 Å². The van der Waals surface area contributed by atoms with Gasteiger partial charge < -0.3 is 10.2 Å². The van der Waals surface area contributed by atoms with Crippen LogP contribution in [0.1, 0.15) is 25.2 Å². The molecule has 1 saturated heterocycles. The fourth-order valence-electron chi connectivity index (χ4n) is 3.19. The first kappa shape index (κ1) is 21.3. The van der Waals surface area contributed by atoms with E-state index < -0.39 is 15.8 Å². The summed E-state index contributed by atoms with van der Waals surface area (Å²) >= 11 is 0. The smallest absolute Gasteiger partial charge is 0.350 e. The lowest BCUT2D eigenvalue weighted by molar-refractivity contribution is 0.217. The van der Waals surface area contributed by atoms with Crippen molar-refractivity contribution in [2.75, 3.05) is 36.4 Å². The molecule has 0 atom stereocenters. The molecule has 1 aliphatic heterocycles. The molecule has 2 heterocycles. The number of nitrogens with one attached hydrogen (secondary N) is 1. The number of hydrogen-bond donors (Lipinski definition) is 1. The van der Waals surface area contributed by atoms with E-state index in [1.807, 2.05) is 43.0 Å². The molecule has 11 heteroatoms. The Labute approximate surface area is 169 Å². The van der Waals surface area contributed by atoms with Gasteiger partial charge in [0.05, 0.1) is 11.4 Å². The minimum Gasteiger partial charge on any atom is -0.369 e. The van der Waals surface area contributed by atoms with Gasteiger partial charge >= 0.3 is 5.76 Å². The summed E-state index contributed by atoms with van der Waals surface area (Å²) in [5.41, 5.74) is 3.49.